The molecule has 1 aromatic carbocycles. The summed E-state index contributed by atoms with van der Waals surface area (Å²) in [7, 11) is 0. The molecular formula is C18H14BrCl2FN4O. The Hall–Kier alpha value is -2.09. The maximum absolute atomic E-state index is 14.3. The predicted octanol–water partition coefficient (Wildman–Crippen LogP) is 5.98. The highest BCUT2D eigenvalue weighted by atomic mass is 79.9. The van der Waals surface area contributed by atoms with Crippen molar-refractivity contribution in [3.63, 3.8) is 0 Å². The average Bonchev–Trinajstić information content (AvgIpc) is 3.12. The van der Waals surface area contributed by atoms with E-state index in [0.717, 1.165) is 0 Å². The third kappa shape index (κ3) is 4.10. The molecule has 2 heterocycles. The van der Waals surface area contributed by atoms with Gasteiger partial charge in [0.25, 0.3) is 5.89 Å². The molecule has 0 saturated carbocycles. The number of aromatic nitrogens is 2. The van der Waals surface area contributed by atoms with Crippen LogP contribution in [0.1, 0.15) is 18.7 Å². The third-order valence-corrected chi connectivity index (χ3v) is 4.76. The van der Waals surface area contributed by atoms with Crippen LogP contribution in [0.4, 0.5) is 10.1 Å². The molecule has 0 bridgehead atoms. The predicted molar refractivity (Wildman–Crippen MR) is 108 cm³/mol. The molecule has 140 valence electrons. The first-order valence-corrected chi connectivity index (χ1v) is 9.48. The SMILES string of the molecule is C=C1C(Cl)=C(Nc2ccc(Br)cc2F)C(c2nnc(CCl)o2)=CN1/C=C\C. The second-order valence-corrected chi connectivity index (χ2v) is 7.01. The van der Waals surface area contributed by atoms with E-state index >= 15 is 0 Å². The first kappa shape index (κ1) is 19.7. The Labute approximate surface area is 174 Å². The molecule has 0 amide bonds. The van der Waals surface area contributed by atoms with Gasteiger partial charge in [0.15, 0.2) is 0 Å². The monoisotopic (exact) mass is 470 g/mol. The molecule has 0 fully saturated rings. The van der Waals surface area contributed by atoms with Crippen molar-refractivity contribution in [2.75, 3.05) is 5.32 Å². The van der Waals surface area contributed by atoms with Gasteiger partial charge < -0.3 is 14.6 Å². The fourth-order valence-electron chi connectivity index (χ4n) is 2.38. The molecule has 2 aromatic rings. The third-order valence-electron chi connectivity index (χ3n) is 3.63. The van der Waals surface area contributed by atoms with E-state index in [1.807, 2.05) is 13.0 Å². The van der Waals surface area contributed by atoms with Gasteiger partial charge in [-0.3, -0.25) is 0 Å². The smallest absolute Gasteiger partial charge is 0.251 e. The normalized spacial score (nSPS) is 14.9. The summed E-state index contributed by atoms with van der Waals surface area (Å²) in [6, 6.07) is 4.65. The van der Waals surface area contributed by atoms with E-state index in [1.165, 1.54) is 6.07 Å². The van der Waals surface area contributed by atoms with Crippen LogP contribution in [0.3, 0.4) is 0 Å². The Kier molecular flexibility index (Phi) is 6.04. The van der Waals surface area contributed by atoms with E-state index in [2.05, 4.69) is 38.0 Å². The minimum atomic E-state index is -0.450. The topological polar surface area (TPSA) is 54.2 Å². The number of benzene rings is 1. The van der Waals surface area contributed by atoms with Gasteiger partial charge in [-0.1, -0.05) is 40.2 Å². The van der Waals surface area contributed by atoms with Gasteiger partial charge in [0.1, 0.15) is 11.7 Å². The molecule has 27 heavy (non-hydrogen) atoms. The van der Waals surface area contributed by atoms with Crippen LogP contribution in [0.15, 0.2) is 68.6 Å². The summed E-state index contributed by atoms with van der Waals surface area (Å²) in [6.07, 6.45) is 5.33. The lowest BCUT2D eigenvalue weighted by Crippen LogP contribution is -2.19. The van der Waals surface area contributed by atoms with Gasteiger partial charge in [0.2, 0.25) is 5.89 Å². The molecule has 0 unspecified atom stereocenters. The number of alkyl halides is 1. The van der Waals surface area contributed by atoms with Gasteiger partial charge in [0, 0.05) is 16.9 Å². The van der Waals surface area contributed by atoms with Crippen molar-refractivity contribution in [2.45, 2.75) is 12.8 Å². The number of rotatable bonds is 5. The first-order chi connectivity index (χ1) is 12.9. The molecule has 0 radical (unpaired) electrons. The fourth-order valence-corrected chi connectivity index (χ4v) is 3.07. The highest BCUT2D eigenvalue weighted by Gasteiger charge is 2.27. The zero-order chi connectivity index (χ0) is 19.6. The summed E-state index contributed by atoms with van der Waals surface area (Å²) in [5, 5.41) is 11.2. The summed E-state index contributed by atoms with van der Waals surface area (Å²) in [4.78, 5) is 1.71. The van der Waals surface area contributed by atoms with Crippen molar-refractivity contribution in [1.29, 1.82) is 0 Å². The van der Waals surface area contributed by atoms with Crippen LogP contribution in [0, 0.1) is 5.82 Å². The number of halogens is 4. The number of anilines is 1. The summed E-state index contributed by atoms with van der Waals surface area (Å²) < 4.78 is 20.5. The number of nitrogens with zero attached hydrogens (tertiary/aromatic N) is 3. The lowest BCUT2D eigenvalue weighted by molar-refractivity contribution is 0.499. The molecule has 5 nitrogen and oxygen atoms in total. The highest BCUT2D eigenvalue weighted by molar-refractivity contribution is 9.10. The molecule has 1 aromatic heterocycles. The minimum Gasteiger partial charge on any atom is -0.419 e. The van der Waals surface area contributed by atoms with Crippen molar-refractivity contribution in [2.24, 2.45) is 0 Å². The molecular weight excluding hydrogens is 458 g/mol. The lowest BCUT2D eigenvalue weighted by atomic mass is 10.1. The largest absolute Gasteiger partial charge is 0.419 e. The Morgan fingerprint density at radius 1 is 1.41 bits per heavy atom. The zero-order valence-electron chi connectivity index (χ0n) is 14.1. The molecule has 1 N–H and O–H groups in total. The fraction of sp³-hybridized carbons (Fsp3) is 0.111. The molecule has 0 saturated heterocycles. The van der Waals surface area contributed by atoms with Gasteiger partial charge in [-0.15, -0.1) is 21.8 Å². The Morgan fingerprint density at radius 3 is 2.81 bits per heavy atom. The molecule has 1 aliphatic heterocycles. The number of nitrogens with one attached hydrogen (secondary N) is 1. The number of hydrogen-bond acceptors (Lipinski definition) is 5. The van der Waals surface area contributed by atoms with Crippen molar-refractivity contribution >= 4 is 50.4 Å². The maximum Gasteiger partial charge on any atom is 0.251 e. The number of allylic oxidation sites excluding steroid dienone is 3. The van der Waals surface area contributed by atoms with Crippen LogP contribution in [-0.4, -0.2) is 15.1 Å². The van der Waals surface area contributed by atoms with Crippen molar-refractivity contribution in [1.82, 2.24) is 15.1 Å². The standard InChI is InChI=1S/C18H14BrCl2FN4O/c1-3-6-26-9-12(18-25-24-15(8-20)27-18)17(16(21)10(26)2)23-14-5-4-11(19)7-13(14)22/h3-7,9,23H,2,8H2,1H3/b6-3-. The van der Waals surface area contributed by atoms with E-state index in [0.29, 0.717) is 26.5 Å². The van der Waals surface area contributed by atoms with Crippen molar-refractivity contribution in [3.05, 3.63) is 81.8 Å². The molecule has 0 spiro atoms. The molecule has 3 rings (SSSR count). The van der Waals surface area contributed by atoms with Gasteiger partial charge in [-0.25, -0.2) is 4.39 Å². The minimum absolute atomic E-state index is 0.0765. The van der Waals surface area contributed by atoms with Gasteiger partial charge in [-0.2, -0.15) is 0 Å². The van der Waals surface area contributed by atoms with E-state index < -0.39 is 5.82 Å². The second-order valence-electron chi connectivity index (χ2n) is 5.45. The summed E-state index contributed by atoms with van der Waals surface area (Å²) in [5.41, 5.74) is 1.63. The van der Waals surface area contributed by atoms with Crippen LogP contribution in [-0.2, 0) is 5.88 Å². The Morgan fingerprint density at radius 2 is 2.19 bits per heavy atom. The van der Waals surface area contributed by atoms with Crippen molar-refractivity contribution < 1.29 is 8.81 Å². The maximum atomic E-state index is 14.3. The zero-order valence-corrected chi connectivity index (χ0v) is 17.2. The van der Waals surface area contributed by atoms with E-state index in [1.54, 1.807) is 29.4 Å². The molecule has 1 aliphatic rings. The van der Waals surface area contributed by atoms with Crippen LogP contribution >= 0.6 is 39.1 Å². The van der Waals surface area contributed by atoms with E-state index in [4.69, 9.17) is 27.6 Å². The Bertz CT molecular complexity index is 983. The molecule has 0 atom stereocenters. The van der Waals surface area contributed by atoms with Crippen molar-refractivity contribution in [3.8, 4) is 0 Å². The van der Waals surface area contributed by atoms with Gasteiger partial charge >= 0.3 is 0 Å². The lowest BCUT2D eigenvalue weighted by Gasteiger charge is -2.27. The number of hydrogen-bond donors (Lipinski definition) is 1. The van der Waals surface area contributed by atoms with Crippen LogP contribution in [0.5, 0.6) is 0 Å². The van der Waals surface area contributed by atoms with E-state index in [-0.39, 0.29) is 23.3 Å². The van der Waals surface area contributed by atoms with E-state index in [9.17, 15) is 4.39 Å². The summed E-state index contributed by atoms with van der Waals surface area (Å²) in [6.45, 7) is 5.85. The van der Waals surface area contributed by atoms with Gasteiger partial charge in [-0.05, 0) is 25.1 Å². The quantitative estimate of drug-likeness (QED) is 0.544. The summed E-state index contributed by atoms with van der Waals surface area (Å²) in [5.74, 6) is 0.0902. The van der Waals surface area contributed by atoms with Crippen LogP contribution < -0.4 is 5.32 Å². The average molecular weight is 472 g/mol. The second kappa shape index (κ2) is 8.29. The summed E-state index contributed by atoms with van der Waals surface area (Å²) >= 11 is 15.5. The molecule has 9 heteroatoms. The highest BCUT2D eigenvalue weighted by Crippen LogP contribution is 2.37. The Balaban J connectivity index is 2.09. The first-order valence-electron chi connectivity index (χ1n) is 7.77. The van der Waals surface area contributed by atoms with Crippen LogP contribution in [0.25, 0.3) is 5.57 Å². The van der Waals surface area contributed by atoms with Gasteiger partial charge in [0.05, 0.1) is 27.7 Å². The van der Waals surface area contributed by atoms with Crippen LogP contribution in [0.2, 0.25) is 0 Å². The molecule has 0 aliphatic carbocycles.